The Hall–Kier alpha value is -1.85. The molecule has 2 N–H and O–H groups in total. The van der Waals surface area contributed by atoms with E-state index in [9.17, 15) is 4.79 Å². The van der Waals surface area contributed by atoms with Crippen LogP contribution in [0.4, 0.5) is 5.82 Å². The van der Waals surface area contributed by atoms with Crippen molar-refractivity contribution >= 4 is 23.5 Å². The number of aliphatic hydroxyl groups excluding tert-OH is 1. The van der Waals surface area contributed by atoms with Crippen LogP contribution in [0.15, 0.2) is 48.7 Å². The van der Waals surface area contributed by atoms with E-state index in [-0.39, 0.29) is 18.4 Å². The Morgan fingerprint density at radius 1 is 1.30 bits per heavy atom. The van der Waals surface area contributed by atoms with Crippen molar-refractivity contribution < 1.29 is 9.90 Å². The Labute approximate surface area is 141 Å². The van der Waals surface area contributed by atoms with Crippen molar-refractivity contribution in [2.75, 3.05) is 17.7 Å². The highest BCUT2D eigenvalue weighted by atomic mass is 32.2. The summed E-state index contributed by atoms with van der Waals surface area (Å²) in [7, 11) is 0. The van der Waals surface area contributed by atoms with Gasteiger partial charge >= 0.3 is 0 Å². The molecule has 1 amide bonds. The Bertz CT molecular complexity index is 619. The number of amides is 1. The van der Waals surface area contributed by atoms with Crippen molar-refractivity contribution in [3.63, 3.8) is 0 Å². The minimum absolute atomic E-state index is 0.0333. The zero-order chi connectivity index (χ0) is 16.5. The van der Waals surface area contributed by atoms with Crippen molar-refractivity contribution in [2.24, 2.45) is 0 Å². The number of anilines is 1. The van der Waals surface area contributed by atoms with Crippen molar-refractivity contribution in [1.82, 2.24) is 4.98 Å². The fraction of sp³-hybridized carbons (Fsp3) is 0.333. The summed E-state index contributed by atoms with van der Waals surface area (Å²) in [6.45, 7) is 2.22. The van der Waals surface area contributed by atoms with Gasteiger partial charge in [0.2, 0.25) is 5.91 Å². The zero-order valence-corrected chi connectivity index (χ0v) is 14.1. The highest BCUT2D eigenvalue weighted by Crippen LogP contribution is 2.20. The number of hydrogen-bond acceptors (Lipinski definition) is 4. The largest absolute Gasteiger partial charge is 0.396 e. The van der Waals surface area contributed by atoms with E-state index >= 15 is 0 Å². The Kier molecular flexibility index (Phi) is 7.10. The Morgan fingerprint density at radius 3 is 2.83 bits per heavy atom. The van der Waals surface area contributed by atoms with Crippen molar-refractivity contribution in [2.45, 2.75) is 25.0 Å². The van der Waals surface area contributed by atoms with Crippen LogP contribution in [0.2, 0.25) is 0 Å². The normalized spacial score (nSPS) is 11.9. The van der Waals surface area contributed by atoms with E-state index in [0.29, 0.717) is 18.0 Å². The number of carbonyl (C=O) groups excluding carboxylic acids is 1. The van der Waals surface area contributed by atoms with Gasteiger partial charge in [-0.05, 0) is 29.2 Å². The molecule has 5 heteroatoms. The van der Waals surface area contributed by atoms with Gasteiger partial charge in [0, 0.05) is 24.1 Å². The topological polar surface area (TPSA) is 62.2 Å². The smallest absolute Gasteiger partial charge is 0.226 e. The van der Waals surface area contributed by atoms with Gasteiger partial charge in [0.25, 0.3) is 0 Å². The van der Waals surface area contributed by atoms with E-state index in [2.05, 4.69) is 10.3 Å². The number of pyridine rings is 1. The molecule has 1 aromatic carbocycles. The number of rotatable bonds is 8. The van der Waals surface area contributed by atoms with Crippen molar-refractivity contribution in [1.29, 1.82) is 0 Å². The Balaban J connectivity index is 1.88. The molecule has 2 rings (SSSR count). The summed E-state index contributed by atoms with van der Waals surface area (Å²) >= 11 is 1.65. The number of carbonyl (C=O) groups is 1. The molecule has 0 radical (unpaired) electrons. The Morgan fingerprint density at radius 2 is 2.09 bits per heavy atom. The summed E-state index contributed by atoms with van der Waals surface area (Å²) in [4.78, 5) is 16.4. The second-order valence-corrected chi connectivity index (χ2v) is 6.49. The molecule has 4 nitrogen and oxygen atoms in total. The average Bonchev–Trinajstić information content (AvgIpc) is 2.56. The molecule has 0 spiro atoms. The molecule has 23 heavy (non-hydrogen) atoms. The maximum absolute atomic E-state index is 12.2. The zero-order valence-electron chi connectivity index (χ0n) is 13.2. The van der Waals surface area contributed by atoms with Crippen LogP contribution in [0.5, 0.6) is 0 Å². The van der Waals surface area contributed by atoms with Gasteiger partial charge in [0.15, 0.2) is 0 Å². The lowest BCUT2D eigenvalue weighted by Gasteiger charge is -2.12. The summed E-state index contributed by atoms with van der Waals surface area (Å²) in [5.74, 6) is 2.22. The maximum Gasteiger partial charge on any atom is 0.226 e. The standard InChI is InChI=1S/C18H22N2O2S/c1-14(16-5-3-2-4-6-16)11-18(22)20-17-12-15(7-8-19-17)13-23-10-9-21/h2-8,12,14,21H,9-11,13H2,1H3,(H,19,20,22). The molecule has 1 heterocycles. The first-order chi connectivity index (χ1) is 11.2. The molecule has 0 aliphatic heterocycles. The molecule has 0 saturated carbocycles. The lowest BCUT2D eigenvalue weighted by atomic mass is 9.98. The van der Waals surface area contributed by atoms with Crippen LogP contribution < -0.4 is 5.32 Å². The molecule has 1 atom stereocenters. The highest BCUT2D eigenvalue weighted by Gasteiger charge is 2.11. The third-order valence-electron chi connectivity index (χ3n) is 3.46. The van der Waals surface area contributed by atoms with Gasteiger partial charge in [-0.25, -0.2) is 4.98 Å². The molecular weight excluding hydrogens is 308 g/mol. The molecular formula is C18H22N2O2S. The van der Waals surface area contributed by atoms with E-state index in [4.69, 9.17) is 5.11 Å². The molecule has 0 aliphatic carbocycles. The van der Waals surface area contributed by atoms with Gasteiger partial charge in [0.05, 0.1) is 6.61 Å². The molecule has 0 bridgehead atoms. The van der Waals surface area contributed by atoms with Crippen LogP contribution in [0.25, 0.3) is 0 Å². The number of nitrogens with one attached hydrogen (secondary N) is 1. The average molecular weight is 330 g/mol. The van der Waals surface area contributed by atoms with Gasteiger partial charge in [-0.15, -0.1) is 0 Å². The quantitative estimate of drug-likeness (QED) is 0.728. The summed E-state index contributed by atoms with van der Waals surface area (Å²) in [5, 5.41) is 11.7. The minimum Gasteiger partial charge on any atom is -0.396 e. The number of aliphatic hydroxyl groups is 1. The van der Waals surface area contributed by atoms with Crippen LogP contribution >= 0.6 is 11.8 Å². The molecule has 1 aromatic heterocycles. The van der Waals surface area contributed by atoms with Crippen LogP contribution in [-0.2, 0) is 10.5 Å². The van der Waals surface area contributed by atoms with Gasteiger partial charge in [-0.1, -0.05) is 37.3 Å². The van der Waals surface area contributed by atoms with Gasteiger partial charge < -0.3 is 10.4 Å². The fourth-order valence-electron chi connectivity index (χ4n) is 2.26. The molecule has 2 aromatic rings. The first-order valence-electron chi connectivity index (χ1n) is 7.67. The maximum atomic E-state index is 12.2. The molecule has 122 valence electrons. The van der Waals surface area contributed by atoms with Crippen LogP contribution in [0.3, 0.4) is 0 Å². The number of thioether (sulfide) groups is 1. The second-order valence-electron chi connectivity index (χ2n) is 5.39. The summed E-state index contributed by atoms with van der Waals surface area (Å²) in [6.07, 6.45) is 2.13. The summed E-state index contributed by atoms with van der Waals surface area (Å²) in [6, 6.07) is 13.8. The molecule has 0 aliphatic rings. The van der Waals surface area contributed by atoms with E-state index in [1.165, 1.54) is 0 Å². The van der Waals surface area contributed by atoms with E-state index < -0.39 is 0 Å². The van der Waals surface area contributed by atoms with E-state index in [1.807, 2.05) is 49.4 Å². The summed E-state index contributed by atoms with van der Waals surface area (Å²) < 4.78 is 0. The SMILES string of the molecule is CC(CC(=O)Nc1cc(CSCCO)ccn1)c1ccccc1. The van der Waals surface area contributed by atoms with Crippen LogP contribution in [-0.4, -0.2) is 28.4 Å². The second kappa shape index (κ2) is 9.33. The number of benzene rings is 1. The van der Waals surface area contributed by atoms with Crippen molar-refractivity contribution in [3.8, 4) is 0 Å². The van der Waals surface area contributed by atoms with Crippen LogP contribution in [0, 0.1) is 0 Å². The summed E-state index contributed by atoms with van der Waals surface area (Å²) in [5.41, 5.74) is 2.25. The van der Waals surface area contributed by atoms with Gasteiger partial charge in [-0.3, -0.25) is 4.79 Å². The first kappa shape index (κ1) is 17.5. The lowest BCUT2D eigenvalue weighted by molar-refractivity contribution is -0.116. The number of nitrogens with zero attached hydrogens (tertiary/aromatic N) is 1. The monoisotopic (exact) mass is 330 g/mol. The number of aromatic nitrogens is 1. The highest BCUT2D eigenvalue weighted by molar-refractivity contribution is 7.98. The molecule has 0 fully saturated rings. The van der Waals surface area contributed by atoms with Crippen molar-refractivity contribution in [3.05, 3.63) is 59.8 Å². The minimum atomic E-state index is -0.0333. The third-order valence-corrected chi connectivity index (χ3v) is 4.47. The predicted octanol–water partition coefficient (Wildman–Crippen LogP) is 3.44. The van der Waals surface area contributed by atoms with E-state index in [1.54, 1.807) is 18.0 Å². The predicted molar refractivity (Wildman–Crippen MR) is 95.6 cm³/mol. The third kappa shape index (κ3) is 6.04. The van der Waals surface area contributed by atoms with Gasteiger partial charge in [-0.2, -0.15) is 11.8 Å². The number of hydrogen-bond donors (Lipinski definition) is 2. The van der Waals surface area contributed by atoms with Gasteiger partial charge in [0.1, 0.15) is 5.82 Å². The van der Waals surface area contributed by atoms with Crippen LogP contribution in [0.1, 0.15) is 30.4 Å². The van der Waals surface area contributed by atoms with E-state index in [0.717, 1.165) is 16.9 Å². The fourth-order valence-corrected chi connectivity index (χ4v) is 2.95. The molecule has 0 saturated heterocycles. The molecule has 1 unspecified atom stereocenters. The first-order valence-corrected chi connectivity index (χ1v) is 8.83. The lowest BCUT2D eigenvalue weighted by Crippen LogP contribution is -2.15.